The van der Waals surface area contributed by atoms with Gasteiger partial charge in [-0.1, -0.05) is 11.6 Å². The highest BCUT2D eigenvalue weighted by Crippen LogP contribution is 2.17. The number of nitrogens with zero attached hydrogens (tertiary/aromatic N) is 1. The topological polar surface area (TPSA) is 15.3 Å². The minimum absolute atomic E-state index is 0.598. The molecule has 0 atom stereocenters. The van der Waals surface area contributed by atoms with Crippen molar-refractivity contribution in [1.82, 2.24) is 10.2 Å². The highest BCUT2D eigenvalue weighted by atomic mass is 32.1. The fourth-order valence-corrected chi connectivity index (χ4v) is 2.72. The number of nitrogens with one attached hydrogen (secondary N) is 1. The van der Waals surface area contributed by atoms with Crippen LogP contribution in [0.3, 0.4) is 0 Å². The molecule has 1 aromatic heterocycles. The molecule has 0 aliphatic carbocycles. The molecule has 94 valence electrons. The molecule has 2 heterocycles. The zero-order chi connectivity index (χ0) is 12.3. The number of hydrogen-bond donors (Lipinski definition) is 1. The number of rotatable bonds is 5. The monoisotopic (exact) mass is 250 g/mol. The first-order valence-electron chi connectivity index (χ1n) is 6.31. The van der Waals surface area contributed by atoms with E-state index < -0.39 is 0 Å². The second-order valence-corrected chi connectivity index (χ2v) is 6.10. The second-order valence-electron chi connectivity index (χ2n) is 5.07. The molecule has 1 fully saturated rings. The number of hydrogen-bond acceptors (Lipinski definition) is 3. The molecule has 2 rings (SSSR count). The molecule has 0 spiro atoms. The summed E-state index contributed by atoms with van der Waals surface area (Å²) in [5, 5.41) is 5.48. The van der Waals surface area contributed by atoms with Crippen molar-refractivity contribution in [3.05, 3.63) is 33.5 Å². The molecule has 17 heavy (non-hydrogen) atoms. The average Bonchev–Trinajstić information content (AvgIpc) is 2.66. The first-order chi connectivity index (χ1) is 8.16. The lowest BCUT2D eigenvalue weighted by atomic mass is 10.0. The molecule has 1 N–H and O–H groups in total. The van der Waals surface area contributed by atoms with Crippen molar-refractivity contribution in [2.45, 2.75) is 33.4 Å². The molecule has 1 aliphatic rings. The minimum Gasteiger partial charge on any atom is -0.309 e. The van der Waals surface area contributed by atoms with Crippen molar-refractivity contribution < 1.29 is 0 Å². The molecule has 0 bridgehead atoms. The summed E-state index contributed by atoms with van der Waals surface area (Å²) >= 11 is 1.85. The summed E-state index contributed by atoms with van der Waals surface area (Å²) in [4.78, 5) is 4.01. The maximum atomic E-state index is 3.32. The van der Waals surface area contributed by atoms with Crippen molar-refractivity contribution in [1.29, 1.82) is 0 Å². The molecule has 1 aliphatic heterocycles. The summed E-state index contributed by atoms with van der Waals surface area (Å²) in [6, 6.07) is 4.97. The maximum Gasteiger partial charge on any atom is 0.0334 e. The lowest BCUT2D eigenvalue weighted by Crippen LogP contribution is -2.38. The van der Waals surface area contributed by atoms with Gasteiger partial charge < -0.3 is 5.32 Å². The predicted molar refractivity (Wildman–Crippen MR) is 75.4 cm³/mol. The van der Waals surface area contributed by atoms with Gasteiger partial charge in [-0.05, 0) is 37.8 Å². The summed E-state index contributed by atoms with van der Waals surface area (Å²) in [5.41, 5.74) is 3.15. The Balaban J connectivity index is 1.97. The van der Waals surface area contributed by atoms with Gasteiger partial charge in [-0.25, -0.2) is 0 Å². The highest BCUT2D eigenvalue weighted by molar-refractivity contribution is 7.09. The molecule has 1 saturated heterocycles. The molecule has 3 heteroatoms. The van der Waals surface area contributed by atoms with Crippen LogP contribution >= 0.6 is 11.3 Å². The van der Waals surface area contributed by atoms with E-state index in [0.29, 0.717) is 6.04 Å². The lowest BCUT2D eigenvalue weighted by molar-refractivity contribution is 0.232. The molecular weight excluding hydrogens is 228 g/mol. The Morgan fingerprint density at radius 2 is 2.24 bits per heavy atom. The molecular formula is C14H22N2S. The van der Waals surface area contributed by atoms with Crippen LogP contribution in [-0.2, 0) is 6.54 Å². The molecule has 1 aromatic rings. The Bertz CT molecular complexity index is 373. The van der Waals surface area contributed by atoms with E-state index in [1.807, 2.05) is 11.3 Å². The van der Waals surface area contributed by atoms with Gasteiger partial charge in [0.15, 0.2) is 0 Å². The van der Waals surface area contributed by atoms with Crippen LogP contribution in [0.1, 0.15) is 25.6 Å². The first kappa shape index (κ1) is 12.8. The van der Waals surface area contributed by atoms with E-state index in [1.54, 1.807) is 11.1 Å². The van der Waals surface area contributed by atoms with Crippen LogP contribution in [0, 0.1) is 0 Å². The molecule has 2 nitrogen and oxygen atoms in total. The Labute approximate surface area is 108 Å². The maximum absolute atomic E-state index is 3.32. The molecule has 0 unspecified atom stereocenters. The van der Waals surface area contributed by atoms with Crippen LogP contribution in [0.25, 0.3) is 0 Å². The van der Waals surface area contributed by atoms with Gasteiger partial charge in [-0.15, -0.1) is 11.3 Å². The normalized spacial score (nSPS) is 15.5. The van der Waals surface area contributed by atoms with Crippen molar-refractivity contribution in [2.24, 2.45) is 0 Å². The van der Waals surface area contributed by atoms with Crippen LogP contribution in [0.5, 0.6) is 0 Å². The van der Waals surface area contributed by atoms with Gasteiger partial charge in [-0.2, -0.15) is 0 Å². The minimum atomic E-state index is 0.598. The quantitative estimate of drug-likeness (QED) is 0.808. The van der Waals surface area contributed by atoms with Gasteiger partial charge in [0, 0.05) is 37.1 Å². The number of thiophene rings is 1. The van der Waals surface area contributed by atoms with Gasteiger partial charge in [0.1, 0.15) is 0 Å². The standard InChI is InChI=1S/C14H22N2S/c1-11(2)16(10-14-5-4-6-17-14)9-12(3)13-7-15-8-13/h4-6,11,15H,7-10H2,1-3H3. The zero-order valence-electron chi connectivity index (χ0n) is 11.0. The Morgan fingerprint density at radius 1 is 1.47 bits per heavy atom. The smallest absolute Gasteiger partial charge is 0.0334 e. The molecule has 0 saturated carbocycles. The summed E-state index contributed by atoms with van der Waals surface area (Å²) in [6.45, 7) is 11.2. The third-order valence-corrected chi connectivity index (χ3v) is 4.25. The predicted octanol–water partition coefficient (Wildman–Crippen LogP) is 2.88. The molecule has 0 amide bonds. The van der Waals surface area contributed by atoms with Gasteiger partial charge in [0.2, 0.25) is 0 Å². The fourth-order valence-electron chi connectivity index (χ4n) is 1.99. The van der Waals surface area contributed by atoms with Crippen LogP contribution in [0.2, 0.25) is 0 Å². The van der Waals surface area contributed by atoms with E-state index in [0.717, 1.165) is 26.2 Å². The van der Waals surface area contributed by atoms with Crippen LogP contribution in [0.4, 0.5) is 0 Å². The summed E-state index contributed by atoms with van der Waals surface area (Å²) in [6.07, 6.45) is 0. The summed E-state index contributed by atoms with van der Waals surface area (Å²) < 4.78 is 0. The van der Waals surface area contributed by atoms with Crippen molar-refractivity contribution in [3.63, 3.8) is 0 Å². The van der Waals surface area contributed by atoms with Crippen LogP contribution in [0.15, 0.2) is 28.7 Å². The lowest BCUT2D eigenvalue weighted by Gasteiger charge is -2.29. The van der Waals surface area contributed by atoms with Gasteiger partial charge in [-0.3, -0.25) is 4.90 Å². The third kappa shape index (κ3) is 3.41. The molecule has 0 radical (unpaired) electrons. The van der Waals surface area contributed by atoms with Crippen LogP contribution < -0.4 is 5.32 Å². The van der Waals surface area contributed by atoms with Gasteiger partial charge >= 0.3 is 0 Å². The van der Waals surface area contributed by atoms with E-state index in [9.17, 15) is 0 Å². The van der Waals surface area contributed by atoms with Gasteiger partial charge in [0.25, 0.3) is 0 Å². The first-order valence-corrected chi connectivity index (χ1v) is 7.19. The van der Waals surface area contributed by atoms with Crippen molar-refractivity contribution in [2.75, 3.05) is 19.6 Å². The second kappa shape index (κ2) is 5.80. The van der Waals surface area contributed by atoms with Crippen LogP contribution in [-0.4, -0.2) is 30.6 Å². The average molecular weight is 250 g/mol. The van der Waals surface area contributed by atoms with E-state index in [2.05, 4.69) is 48.5 Å². The SMILES string of the molecule is CC(CN(Cc1cccs1)C(C)C)=C1CNC1. The molecule has 0 aromatic carbocycles. The Kier molecular flexibility index (Phi) is 4.37. The largest absolute Gasteiger partial charge is 0.309 e. The van der Waals surface area contributed by atoms with E-state index in [4.69, 9.17) is 0 Å². The summed E-state index contributed by atoms with van der Waals surface area (Å²) in [5.74, 6) is 0. The Morgan fingerprint density at radius 3 is 2.71 bits per heavy atom. The highest BCUT2D eigenvalue weighted by Gasteiger charge is 2.16. The Hall–Kier alpha value is -0.640. The third-order valence-electron chi connectivity index (χ3n) is 3.39. The van der Waals surface area contributed by atoms with Crippen molar-refractivity contribution in [3.8, 4) is 0 Å². The zero-order valence-corrected chi connectivity index (χ0v) is 11.8. The fraction of sp³-hybridized carbons (Fsp3) is 0.571. The van der Waals surface area contributed by atoms with E-state index in [-0.39, 0.29) is 0 Å². The van der Waals surface area contributed by atoms with Gasteiger partial charge in [0.05, 0.1) is 0 Å². The van der Waals surface area contributed by atoms with Crippen molar-refractivity contribution >= 4 is 11.3 Å². The van der Waals surface area contributed by atoms with E-state index in [1.165, 1.54) is 4.88 Å². The van der Waals surface area contributed by atoms with E-state index >= 15 is 0 Å². The summed E-state index contributed by atoms with van der Waals surface area (Å²) in [7, 11) is 0.